The van der Waals surface area contributed by atoms with Gasteiger partial charge < -0.3 is 10.0 Å². The number of carbonyl (C=O) groups is 1. The van der Waals surface area contributed by atoms with E-state index in [-0.39, 0.29) is 4.90 Å². The van der Waals surface area contributed by atoms with Crippen LogP contribution in [0.1, 0.15) is 11.1 Å². The molecule has 7 heteroatoms. The van der Waals surface area contributed by atoms with Gasteiger partial charge in [-0.3, -0.25) is 4.72 Å². The van der Waals surface area contributed by atoms with E-state index in [0.29, 0.717) is 25.2 Å². The van der Waals surface area contributed by atoms with Crippen LogP contribution in [-0.4, -0.2) is 31.1 Å². The van der Waals surface area contributed by atoms with Gasteiger partial charge in [-0.2, -0.15) is 0 Å². The monoisotopic (exact) mass is 382 g/mol. The normalized spacial score (nSPS) is 14.0. The molecule has 4 rings (SSSR count). The summed E-state index contributed by atoms with van der Waals surface area (Å²) in [7, 11) is -3.71. The van der Waals surface area contributed by atoms with Crippen LogP contribution in [0.5, 0.6) is 0 Å². The maximum atomic E-state index is 12.8. The summed E-state index contributed by atoms with van der Waals surface area (Å²) in [5, 5.41) is 10.9. The molecule has 138 valence electrons. The Morgan fingerprint density at radius 3 is 2.52 bits per heavy atom. The molecule has 3 aromatic carbocycles. The maximum Gasteiger partial charge on any atom is 0.407 e. The summed E-state index contributed by atoms with van der Waals surface area (Å²) in [5.74, 6) is 0. The van der Waals surface area contributed by atoms with Crippen molar-refractivity contribution in [3.63, 3.8) is 0 Å². The third kappa shape index (κ3) is 3.46. The molecule has 2 N–H and O–H groups in total. The number of carboxylic acid groups (broad SMARTS) is 1. The maximum absolute atomic E-state index is 12.8. The summed E-state index contributed by atoms with van der Waals surface area (Å²) >= 11 is 0. The number of nitrogens with one attached hydrogen (secondary N) is 1. The molecule has 0 bridgehead atoms. The highest BCUT2D eigenvalue weighted by molar-refractivity contribution is 7.92. The van der Waals surface area contributed by atoms with Crippen molar-refractivity contribution in [1.29, 1.82) is 0 Å². The highest BCUT2D eigenvalue weighted by Crippen LogP contribution is 2.25. The summed E-state index contributed by atoms with van der Waals surface area (Å²) in [6.07, 6.45) is -0.380. The Bertz CT molecular complexity index is 1140. The lowest BCUT2D eigenvalue weighted by molar-refractivity contribution is 0.140. The lowest BCUT2D eigenvalue weighted by Crippen LogP contribution is -2.34. The highest BCUT2D eigenvalue weighted by Gasteiger charge is 2.21. The van der Waals surface area contributed by atoms with E-state index in [9.17, 15) is 13.2 Å². The summed E-state index contributed by atoms with van der Waals surface area (Å²) in [5.41, 5.74) is 2.34. The minimum absolute atomic E-state index is 0.205. The molecule has 0 atom stereocenters. The molecule has 0 unspecified atom stereocenters. The van der Waals surface area contributed by atoms with Gasteiger partial charge in [-0.15, -0.1) is 0 Å². The lowest BCUT2D eigenvalue weighted by Gasteiger charge is -2.26. The first kappa shape index (κ1) is 17.4. The smallest absolute Gasteiger partial charge is 0.407 e. The first-order valence-electron chi connectivity index (χ1n) is 8.54. The van der Waals surface area contributed by atoms with Crippen LogP contribution in [0, 0.1) is 0 Å². The molecule has 6 nitrogen and oxygen atoms in total. The number of fused-ring (bicyclic) bond motifs is 2. The Labute approximate surface area is 157 Å². The van der Waals surface area contributed by atoms with Gasteiger partial charge in [0.2, 0.25) is 0 Å². The average Bonchev–Trinajstić information content (AvgIpc) is 2.66. The second kappa shape index (κ2) is 6.59. The second-order valence-corrected chi connectivity index (χ2v) is 8.23. The molecular formula is C20H18N2O4S. The van der Waals surface area contributed by atoms with Gasteiger partial charge in [0.1, 0.15) is 0 Å². The summed E-state index contributed by atoms with van der Waals surface area (Å²) < 4.78 is 28.1. The zero-order valence-corrected chi connectivity index (χ0v) is 15.2. The number of hydrogen-bond donors (Lipinski definition) is 2. The van der Waals surface area contributed by atoms with Gasteiger partial charge in [-0.05, 0) is 52.6 Å². The van der Waals surface area contributed by atoms with Gasteiger partial charge in [0.25, 0.3) is 10.0 Å². The van der Waals surface area contributed by atoms with E-state index < -0.39 is 16.1 Å². The largest absolute Gasteiger partial charge is 0.465 e. The van der Waals surface area contributed by atoms with E-state index in [4.69, 9.17) is 5.11 Å². The number of anilines is 1. The fourth-order valence-electron chi connectivity index (χ4n) is 3.33. The predicted molar refractivity (Wildman–Crippen MR) is 103 cm³/mol. The standard InChI is InChI=1S/C20H18N2O4S/c23-20(24)22-10-9-16-11-18(7-5-17(16)13-22)21-27(25,26)19-8-6-14-3-1-2-4-15(14)12-19/h1-8,11-12,21H,9-10,13H2,(H,23,24). The molecule has 3 aromatic rings. The van der Waals surface area contributed by atoms with Crippen molar-refractivity contribution in [3.05, 3.63) is 71.8 Å². The zero-order valence-electron chi connectivity index (χ0n) is 14.4. The van der Waals surface area contributed by atoms with Crippen LogP contribution in [0.3, 0.4) is 0 Å². The number of hydrogen-bond acceptors (Lipinski definition) is 3. The fraction of sp³-hybridized carbons (Fsp3) is 0.150. The van der Waals surface area contributed by atoms with Crippen LogP contribution in [0.4, 0.5) is 10.5 Å². The molecule has 0 fully saturated rings. The van der Waals surface area contributed by atoms with E-state index in [0.717, 1.165) is 21.9 Å². The van der Waals surface area contributed by atoms with Crippen LogP contribution in [0.15, 0.2) is 65.6 Å². The van der Waals surface area contributed by atoms with Gasteiger partial charge in [0, 0.05) is 18.8 Å². The Kier molecular flexibility index (Phi) is 4.24. The molecule has 0 spiro atoms. The van der Waals surface area contributed by atoms with E-state index in [1.54, 1.807) is 36.4 Å². The summed E-state index contributed by atoms with van der Waals surface area (Å²) in [6.45, 7) is 0.728. The van der Waals surface area contributed by atoms with Crippen LogP contribution in [-0.2, 0) is 23.0 Å². The van der Waals surface area contributed by atoms with Crippen LogP contribution >= 0.6 is 0 Å². The second-order valence-electron chi connectivity index (χ2n) is 6.55. The predicted octanol–water partition coefficient (Wildman–Crippen LogP) is 3.68. The third-order valence-corrected chi connectivity index (χ3v) is 6.15. The fourth-order valence-corrected chi connectivity index (χ4v) is 4.41. The van der Waals surface area contributed by atoms with E-state index in [2.05, 4.69) is 4.72 Å². The minimum Gasteiger partial charge on any atom is -0.465 e. The highest BCUT2D eigenvalue weighted by atomic mass is 32.2. The molecule has 0 aliphatic carbocycles. The molecule has 0 saturated heterocycles. The van der Waals surface area contributed by atoms with Gasteiger partial charge in [-0.25, -0.2) is 13.2 Å². The first-order chi connectivity index (χ1) is 12.9. The van der Waals surface area contributed by atoms with Crippen molar-refractivity contribution in [1.82, 2.24) is 4.90 Å². The van der Waals surface area contributed by atoms with Crippen molar-refractivity contribution in [3.8, 4) is 0 Å². The number of amides is 1. The molecular weight excluding hydrogens is 364 g/mol. The van der Waals surface area contributed by atoms with Gasteiger partial charge >= 0.3 is 6.09 Å². The SMILES string of the molecule is O=C(O)N1CCc2cc(NS(=O)(=O)c3ccc4ccccc4c3)ccc2C1. The van der Waals surface area contributed by atoms with Gasteiger partial charge in [0.05, 0.1) is 4.90 Å². The zero-order chi connectivity index (χ0) is 19.0. The molecule has 1 amide bonds. The molecule has 0 radical (unpaired) electrons. The Balaban J connectivity index is 1.60. The molecule has 0 aromatic heterocycles. The quantitative estimate of drug-likeness (QED) is 0.723. The number of benzene rings is 3. The minimum atomic E-state index is -3.71. The molecule has 0 saturated carbocycles. The van der Waals surface area contributed by atoms with Crippen molar-refractivity contribution < 1.29 is 18.3 Å². The van der Waals surface area contributed by atoms with Gasteiger partial charge in [0.15, 0.2) is 0 Å². The first-order valence-corrected chi connectivity index (χ1v) is 10.0. The summed E-state index contributed by atoms with van der Waals surface area (Å²) in [6, 6.07) is 17.9. The van der Waals surface area contributed by atoms with E-state index in [1.807, 2.05) is 24.3 Å². The Morgan fingerprint density at radius 2 is 1.74 bits per heavy atom. The molecule has 27 heavy (non-hydrogen) atoms. The van der Waals surface area contributed by atoms with E-state index in [1.165, 1.54) is 4.90 Å². The Hall–Kier alpha value is -3.06. The lowest BCUT2D eigenvalue weighted by atomic mass is 9.99. The number of nitrogens with zero attached hydrogens (tertiary/aromatic N) is 1. The van der Waals surface area contributed by atoms with Crippen LogP contribution in [0.25, 0.3) is 10.8 Å². The average molecular weight is 382 g/mol. The summed E-state index contributed by atoms with van der Waals surface area (Å²) in [4.78, 5) is 12.7. The number of sulfonamides is 1. The van der Waals surface area contributed by atoms with Crippen LogP contribution < -0.4 is 4.72 Å². The molecule has 1 aliphatic heterocycles. The van der Waals surface area contributed by atoms with Crippen molar-refractivity contribution in [2.75, 3.05) is 11.3 Å². The Morgan fingerprint density at radius 1 is 0.963 bits per heavy atom. The molecule has 1 aliphatic rings. The van der Waals surface area contributed by atoms with Crippen LogP contribution in [0.2, 0.25) is 0 Å². The van der Waals surface area contributed by atoms with Gasteiger partial charge in [-0.1, -0.05) is 36.4 Å². The van der Waals surface area contributed by atoms with E-state index >= 15 is 0 Å². The van der Waals surface area contributed by atoms with Crippen molar-refractivity contribution in [2.24, 2.45) is 0 Å². The topological polar surface area (TPSA) is 86.7 Å². The molecule has 1 heterocycles. The third-order valence-electron chi connectivity index (χ3n) is 4.77. The number of rotatable bonds is 3. The van der Waals surface area contributed by atoms with Crippen molar-refractivity contribution >= 4 is 32.6 Å². The van der Waals surface area contributed by atoms with Crippen molar-refractivity contribution in [2.45, 2.75) is 17.9 Å².